The molecular weight excluding hydrogens is 385 g/mol. The van der Waals surface area contributed by atoms with E-state index < -0.39 is 5.82 Å². The Kier molecular flexibility index (Phi) is 8.65. The quantitative estimate of drug-likeness (QED) is 0.431. The van der Waals surface area contributed by atoms with Gasteiger partial charge in [-0.3, -0.25) is 4.79 Å². The molecule has 1 aromatic rings. The van der Waals surface area contributed by atoms with Gasteiger partial charge in [-0.25, -0.2) is 4.39 Å². The minimum atomic E-state index is -0.675. The van der Waals surface area contributed by atoms with Gasteiger partial charge in [0.1, 0.15) is 17.6 Å². The number of nitrogens with zero attached hydrogens (tertiary/aromatic N) is 1. The Morgan fingerprint density at radius 1 is 1.07 bits per heavy atom. The van der Waals surface area contributed by atoms with Gasteiger partial charge in [-0.05, 0) is 75.8 Å². The highest BCUT2D eigenvalue weighted by Crippen LogP contribution is 2.31. The molecule has 0 saturated heterocycles. The van der Waals surface area contributed by atoms with E-state index in [-0.39, 0.29) is 29.3 Å². The number of ether oxygens (including phenoxy) is 3. The Balaban J connectivity index is 1.34. The monoisotopic (exact) mass is 417 g/mol. The van der Waals surface area contributed by atoms with Crippen molar-refractivity contribution in [1.29, 1.82) is 5.26 Å². The van der Waals surface area contributed by atoms with Gasteiger partial charge in [0.25, 0.3) is 0 Å². The summed E-state index contributed by atoms with van der Waals surface area (Å²) in [5.74, 6) is -0.433. The average Bonchev–Trinajstić information content (AvgIpc) is 2.77. The number of halogens is 1. The van der Waals surface area contributed by atoms with Gasteiger partial charge < -0.3 is 14.2 Å². The highest BCUT2D eigenvalue weighted by atomic mass is 19.1. The standard InChI is InChI=1S/C24H32FNO4/c1-2-13-28-20-8-3-17(4-9-20)16-29-21-10-5-18(6-11-21)24(27)30-22-12-7-19(15-26)23(25)14-22/h7,12,14,17-18,20-21H,2-6,8-11,13,16H2,1H3. The Labute approximate surface area is 178 Å². The molecule has 5 nitrogen and oxygen atoms in total. The van der Waals surface area contributed by atoms with Crippen LogP contribution in [0.2, 0.25) is 0 Å². The molecule has 0 aromatic heterocycles. The smallest absolute Gasteiger partial charge is 0.314 e. The number of carbonyl (C=O) groups excluding carboxylic acids is 1. The third-order valence-corrected chi connectivity index (χ3v) is 6.21. The Hall–Kier alpha value is -1.97. The summed E-state index contributed by atoms with van der Waals surface area (Å²) in [6, 6.07) is 5.62. The molecule has 0 heterocycles. The van der Waals surface area contributed by atoms with Crippen LogP contribution in [0.4, 0.5) is 4.39 Å². The van der Waals surface area contributed by atoms with Crippen LogP contribution in [0.3, 0.4) is 0 Å². The summed E-state index contributed by atoms with van der Waals surface area (Å²) in [5, 5.41) is 8.77. The second kappa shape index (κ2) is 11.4. The van der Waals surface area contributed by atoms with Crippen LogP contribution < -0.4 is 4.74 Å². The van der Waals surface area contributed by atoms with Crippen LogP contribution >= 0.6 is 0 Å². The topological polar surface area (TPSA) is 68.6 Å². The fraction of sp³-hybridized carbons (Fsp3) is 0.667. The number of hydrogen-bond donors (Lipinski definition) is 0. The van der Waals surface area contributed by atoms with Crippen molar-refractivity contribution in [3.05, 3.63) is 29.6 Å². The van der Waals surface area contributed by atoms with Gasteiger partial charge >= 0.3 is 5.97 Å². The molecule has 2 fully saturated rings. The van der Waals surface area contributed by atoms with Crippen molar-refractivity contribution in [3.63, 3.8) is 0 Å². The molecule has 3 rings (SSSR count). The van der Waals surface area contributed by atoms with Crippen LogP contribution in [-0.4, -0.2) is 31.4 Å². The molecule has 30 heavy (non-hydrogen) atoms. The fourth-order valence-electron chi connectivity index (χ4n) is 4.34. The predicted octanol–water partition coefficient (Wildman–Crippen LogP) is 5.16. The molecule has 2 aliphatic rings. The van der Waals surface area contributed by atoms with Crippen molar-refractivity contribution in [1.82, 2.24) is 0 Å². The molecule has 0 unspecified atom stereocenters. The van der Waals surface area contributed by atoms with E-state index in [1.165, 1.54) is 12.1 Å². The van der Waals surface area contributed by atoms with Crippen molar-refractivity contribution < 1.29 is 23.4 Å². The van der Waals surface area contributed by atoms with E-state index in [2.05, 4.69) is 6.92 Å². The van der Waals surface area contributed by atoms with Crippen molar-refractivity contribution in [2.75, 3.05) is 13.2 Å². The summed E-state index contributed by atoms with van der Waals surface area (Å²) in [5.41, 5.74) is -0.0607. The first kappa shape index (κ1) is 22.7. The van der Waals surface area contributed by atoms with Crippen LogP contribution in [0, 0.1) is 29.0 Å². The molecular formula is C24H32FNO4. The van der Waals surface area contributed by atoms with Gasteiger partial charge in [-0.1, -0.05) is 6.92 Å². The largest absolute Gasteiger partial charge is 0.426 e. The van der Waals surface area contributed by atoms with Gasteiger partial charge in [-0.15, -0.1) is 0 Å². The lowest BCUT2D eigenvalue weighted by molar-refractivity contribution is -0.141. The molecule has 0 N–H and O–H groups in total. The van der Waals surface area contributed by atoms with Crippen molar-refractivity contribution >= 4 is 5.97 Å². The zero-order valence-corrected chi connectivity index (χ0v) is 17.8. The number of esters is 1. The second-order valence-electron chi connectivity index (χ2n) is 8.50. The SMILES string of the molecule is CCCOC1CCC(COC2CCC(C(=O)Oc3ccc(C#N)c(F)c3)CC2)CC1. The number of rotatable bonds is 8. The van der Waals surface area contributed by atoms with Crippen LogP contribution in [0.1, 0.15) is 70.3 Å². The van der Waals surface area contributed by atoms with Gasteiger partial charge in [0.2, 0.25) is 0 Å². The summed E-state index contributed by atoms with van der Waals surface area (Å²) in [6.07, 6.45) is 9.41. The third kappa shape index (κ3) is 6.52. The van der Waals surface area contributed by atoms with Crippen LogP contribution in [0.5, 0.6) is 5.75 Å². The number of carbonyl (C=O) groups is 1. The Bertz CT molecular complexity index is 731. The predicted molar refractivity (Wildman–Crippen MR) is 110 cm³/mol. The van der Waals surface area contributed by atoms with E-state index in [4.69, 9.17) is 19.5 Å². The average molecular weight is 418 g/mol. The van der Waals surface area contributed by atoms with Crippen molar-refractivity contribution in [2.45, 2.75) is 76.9 Å². The lowest BCUT2D eigenvalue weighted by Crippen LogP contribution is -2.31. The molecule has 0 amide bonds. The zero-order valence-electron chi connectivity index (χ0n) is 17.8. The fourth-order valence-corrected chi connectivity index (χ4v) is 4.34. The third-order valence-electron chi connectivity index (χ3n) is 6.21. The maximum absolute atomic E-state index is 13.7. The number of nitriles is 1. The van der Waals surface area contributed by atoms with E-state index >= 15 is 0 Å². The van der Waals surface area contributed by atoms with E-state index in [9.17, 15) is 9.18 Å². The second-order valence-corrected chi connectivity index (χ2v) is 8.50. The Morgan fingerprint density at radius 3 is 2.37 bits per heavy atom. The van der Waals surface area contributed by atoms with Gasteiger partial charge in [-0.2, -0.15) is 5.26 Å². The molecule has 1 aromatic carbocycles. The maximum atomic E-state index is 13.7. The first-order valence-corrected chi connectivity index (χ1v) is 11.2. The molecule has 2 saturated carbocycles. The molecule has 0 aliphatic heterocycles. The molecule has 6 heteroatoms. The first-order valence-electron chi connectivity index (χ1n) is 11.2. The molecule has 164 valence electrons. The van der Waals surface area contributed by atoms with Crippen LogP contribution in [-0.2, 0) is 14.3 Å². The molecule has 0 atom stereocenters. The maximum Gasteiger partial charge on any atom is 0.314 e. The van der Waals surface area contributed by atoms with E-state index in [0.29, 0.717) is 12.0 Å². The summed E-state index contributed by atoms with van der Waals surface area (Å²) in [7, 11) is 0. The summed E-state index contributed by atoms with van der Waals surface area (Å²) in [4.78, 5) is 12.4. The van der Waals surface area contributed by atoms with Crippen LogP contribution in [0.25, 0.3) is 0 Å². The minimum Gasteiger partial charge on any atom is -0.426 e. The van der Waals surface area contributed by atoms with E-state index in [0.717, 1.165) is 77.1 Å². The van der Waals surface area contributed by atoms with E-state index in [1.54, 1.807) is 6.07 Å². The Morgan fingerprint density at radius 2 is 1.73 bits per heavy atom. The summed E-state index contributed by atoms with van der Waals surface area (Å²) < 4.78 is 31.0. The summed E-state index contributed by atoms with van der Waals surface area (Å²) >= 11 is 0. The molecule has 0 radical (unpaired) electrons. The highest BCUT2D eigenvalue weighted by Gasteiger charge is 2.29. The first-order chi connectivity index (χ1) is 14.6. The van der Waals surface area contributed by atoms with Crippen molar-refractivity contribution in [2.24, 2.45) is 11.8 Å². The van der Waals surface area contributed by atoms with Crippen LogP contribution in [0.15, 0.2) is 18.2 Å². The molecule has 0 spiro atoms. The molecule has 2 aliphatic carbocycles. The molecule has 0 bridgehead atoms. The van der Waals surface area contributed by atoms with Gasteiger partial charge in [0.05, 0.1) is 23.7 Å². The normalized spacial score (nSPS) is 26.7. The highest BCUT2D eigenvalue weighted by molar-refractivity contribution is 5.75. The lowest BCUT2D eigenvalue weighted by Gasteiger charge is -2.31. The van der Waals surface area contributed by atoms with Gasteiger partial charge in [0, 0.05) is 19.3 Å². The lowest BCUT2D eigenvalue weighted by atomic mass is 9.86. The number of benzene rings is 1. The minimum absolute atomic E-state index is 0.0607. The van der Waals surface area contributed by atoms with E-state index in [1.807, 2.05) is 0 Å². The number of hydrogen-bond acceptors (Lipinski definition) is 5. The summed E-state index contributed by atoms with van der Waals surface area (Å²) in [6.45, 7) is 3.79. The zero-order chi connectivity index (χ0) is 21.3. The van der Waals surface area contributed by atoms with Crippen molar-refractivity contribution in [3.8, 4) is 11.8 Å². The van der Waals surface area contributed by atoms with Gasteiger partial charge in [0.15, 0.2) is 0 Å².